The highest BCUT2D eigenvalue weighted by Gasteiger charge is 2.29. The molecule has 4 heteroatoms. The van der Waals surface area contributed by atoms with Gasteiger partial charge in [-0.1, -0.05) is 24.6 Å². The summed E-state index contributed by atoms with van der Waals surface area (Å²) < 4.78 is 0. The van der Waals surface area contributed by atoms with E-state index < -0.39 is 6.04 Å². The Bertz CT molecular complexity index is 489. The number of aryl methyl sites for hydroxylation is 1. The average Bonchev–Trinajstić information content (AvgIpc) is 2.53. The third kappa shape index (κ3) is 3.12. The lowest BCUT2D eigenvalue weighted by molar-refractivity contribution is -0.120. The Morgan fingerprint density at radius 1 is 1.42 bits per heavy atom. The highest BCUT2D eigenvalue weighted by atomic mass is 16.2. The quantitative estimate of drug-likeness (QED) is 0.879. The number of rotatable bonds is 2. The van der Waals surface area contributed by atoms with E-state index in [-0.39, 0.29) is 12.3 Å². The minimum atomic E-state index is -0.392. The summed E-state index contributed by atoms with van der Waals surface area (Å²) >= 11 is 0. The second kappa shape index (κ2) is 5.85. The highest BCUT2D eigenvalue weighted by Crippen LogP contribution is 2.20. The summed E-state index contributed by atoms with van der Waals surface area (Å²) in [5, 5.41) is 12.0. The van der Waals surface area contributed by atoms with Gasteiger partial charge in [0.05, 0.1) is 12.5 Å². The summed E-state index contributed by atoms with van der Waals surface area (Å²) in [6.45, 7) is 5.59. The molecule has 1 saturated heterocycles. The van der Waals surface area contributed by atoms with Crippen molar-refractivity contribution in [3.63, 3.8) is 0 Å². The summed E-state index contributed by atoms with van der Waals surface area (Å²) in [6.07, 6.45) is 0.216. The van der Waals surface area contributed by atoms with Crippen molar-refractivity contribution >= 4 is 11.6 Å². The molecule has 1 aliphatic rings. The number of carbonyl (C=O) groups is 1. The first-order valence-electron chi connectivity index (χ1n) is 6.60. The molecule has 0 aromatic heterocycles. The molecular weight excluding hydrogens is 238 g/mol. The maximum atomic E-state index is 12.5. The Hall–Kier alpha value is -1.86. The van der Waals surface area contributed by atoms with Gasteiger partial charge in [-0.3, -0.25) is 4.79 Å². The van der Waals surface area contributed by atoms with Crippen LogP contribution in [-0.4, -0.2) is 25.0 Å². The van der Waals surface area contributed by atoms with Crippen molar-refractivity contribution in [2.24, 2.45) is 5.92 Å². The number of nitrogens with zero attached hydrogens (tertiary/aromatic N) is 2. The lowest BCUT2D eigenvalue weighted by atomic mass is 10.1. The molecule has 1 aromatic rings. The van der Waals surface area contributed by atoms with Gasteiger partial charge < -0.3 is 10.2 Å². The first-order chi connectivity index (χ1) is 9.11. The third-order valence-electron chi connectivity index (χ3n) is 3.41. The van der Waals surface area contributed by atoms with Gasteiger partial charge in [0.1, 0.15) is 6.04 Å². The van der Waals surface area contributed by atoms with Gasteiger partial charge in [0, 0.05) is 18.8 Å². The molecule has 1 fully saturated rings. The van der Waals surface area contributed by atoms with Crippen molar-refractivity contribution < 1.29 is 4.79 Å². The van der Waals surface area contributed by atoms with Crippen molar-refractivity contribution in [1.29, 1.82) is 5.26 Å². The molecule has 1 aliphatic heterocycles. The Kier molecular flexibility index (Phi) is 4.18. The molecule has 100 valence electrons. The molecule has 2 unspecified atom stereocenters. The molecule has 2 rings (SSSR count). The van der Waals surface area contributed by atoms with Crippen LogP contribution in [0.3, 0.4) is 0 Å². The molecule has 2 atom stereocenters. The van der Waals surface area contributed by atoms with E-state index in [1.54, 1.807) is 4.90 Å². The maximum Gasteiger partial charge on any atom is 0.245 e. The average molecular weight is 257 g/mol. The van der Waals surface area contributed by atoms with Crippen LogP contribution in [0.25, 0.3) is 0 Å². The second-order valence-corrected chi connectivity index (χ2v) is 5.21. The molecule has 0 saturated carbocycles. The van der Waals surface area contributed by atoms with Gasteiger partial charge in [-0.25, -0.2) is 0 Å². The Labute approximate surface area is 114 Å². The van der Waals surface area contributed by atoms with Gasteiger partial charge in [-0.15, -0.1) is 0 Å². The van der Waals surface area contributed by atoms with Crippen LogP contribution in [0.4, 0.5) is 5.69 Å². The standard InChI is InChI=1S/C15H19N3O/c1-11-3-5-13(6-4-11)18-10-12(2)9-17-14(7-8-16)15(18)19/h3-6,12,14,17H,7,9-10H2,1-2H3. The van der Waals surface area contributed by atoms with Crippen LogP contribution in [0.1, 0.15) is 18.9 Å². The van der Waals surface area contributed by atoms with E-state index in [1.807, 2.05) is 31.2 Å². The van der Waals surface area contributed by atoms with Crippen LogP contribution < -0.4 is 10.2 Å². The maximum absolute atomic E-state index is 12.5. The fraction of sp³-hybridized carbons (Fsp3) is 0.467. The minimum absolute atomic E-state index is 0.00486. The predicted octanol–water partition coefficient (Wildman–Crippen LogP) is 1.85. The van der Waals surface area contributed by atoms with E-state index in [0.29, 0.717) is 12.5 Å². The number of hydrogen-bond acceptors (Lipinski definition) is 3. The molecule has 1 heterocycles. The number of amides is 1. The lowest BCUT2D eigenvalue weighted by Crippen LogP contribution is -2.43. The molecule has 19 heavy (non-hydrogen) atoms. The molecule has 1 N–H and O–H groups in total. The monoisotopic (exact) mass is 257 g/mol. The fourth-order valence-corrected chi connectivity index (χ4v) is 2.29. The van der Waals surface area contributed by atoms with E-state index in [9.17, 15) is 4.79 Å². The lowest BCUT2D eigenvalue weighted by Gasteiger charge is -2.24. The summed E-state index contributed by atoms with van der Waals surface area (Å²) in [6, 6.07) is 9.63. The Balaban J connectivity index is 2.27. The van der Waals surface area contributed by atoms with Crippen LogP contribution in [0.2, 0.25) is 0 Å². The van der Waals surface area contributed by atoms with Gasteiger partial charge >= 0.3 is 0 Å². The largest absolute Gasteiger partial charge is 0.311 e. The normalized spacial score (nSPS) is 23.8. The molecule has 0 radical (unpaired) electrons. The minimum Gasteiger partial charge on any atom is -0.311 e. The van der Waals surface area contributed by atoms with E-state index in [0.717, 1.165) is 12.2 Å². The van der Waals surface area contributed by atoms with Crippen LogP contribution >= 0.6 is 0 Å². The van der Waals surface area contributed by atoms with Gasteiger partial charge in [-0.2, -0.15) is 5.26 Å². The summed E-state index contributed by atoms with van der Waals surface area (Å²) in [5.74, 6) is 0.365. The van der Waals surface area contributed by atoms with Crippen LogP contribution in [-0.2, 0) is 4.79 Å². The zero-order valence-corrected chi connectivity index (χ0v) is 11.4. The molecule has 4 nitrogen and oxygen atoms in total. The van der Waals surface area contributed by atoms with Crippen molar-refractivity contribution in [3.8, 4) is 6.07 Å². The molecule has 1 aromatic carbocycles. The SMILES string of the molecule is Cc1ccc(N2CC(C)CNC(CC#N)C2=O)cc1. The number of anilines is 1. The van der Waals surface area contributed by atoms with Gasteiger partial charge in [-0.05, 0) is 25.0 Å². The van der Waals surface area contributed by atoms with E-state index in [2.05, 4.69) is 18.3 Å². The van der Waals surface area contributed by atoms with Crippen molar-refractivity contribution in [2.75, 3.05) is 18.0 Å². The van der Waals surface area contributed by atoms with Crippen molar-refractivity contribution in [1.82, 2.24) is 5.32 Å². The van der Waals surface area contributed by atoms with Crippen molar-refractivity contribution in [3.05, 3.63) is 29.8 Å². The predicted molar refractivity (Wildman–Crippen MR) is 74.7 cm³/mol. The van der Waals surface area contributed by atoms with Crippen LogP contribution in [0.15, 0.2) is 24.3 Å². The number of hydrogen-bond donors (Lipinski definition) is 1. The van der Waals surface area contributed by atoms with Crippen LogP contribution in [0, 0.1) is 24.2 Å². The molecule has 1 amide bonds. The molecule has 0 bridgehead atoms. The first kappa shape index (κ1) is 13.6. The van der Waals surface area contributed by atoms with E-state index in [1.165, 1.54) is 5.56 Å². The molecule has 0 aliphatic carbocycles. The first-order valence-corrected chi connectivity index (χ1v) is 6.60. The van der Waals surface area contributed by atoms with Crippen LogP contribution in [0.5, 0.6) is 0 Å². The topological polar surface area (TPSA) is 56.1 Å². The third-order valence-corrected chi connectivity index (χ3v) is 3.41. The second-order valence-electron chi connectivity index (χ2n) is 5.21. The van der Waals surface area contributed by atoms with E-state index in [4.69, 9.17) is 5.26 Å². The summed E-state index contributed by atoms with van der Waals surface area (Å²) in [4.78, 5) is 14.3. The van der Waals surface area contributed by atoms with E-state index >= 15 is 0 Å². The molecule has 0 spiro atoms. The number of benzene rings is 1. The smallest absolute Gasteiger partial charge is 0.245 e. The van der Waals surface area contributed by atoms with Gasteiger partial charge in [0.15, 0.2) is 0 Å². The van der Waals surface area contributed by atoms with Gasteiger partial charge in [0.2, 0.25) is 5.91 Å². The van der Waals surface area contributed by atoms with Crippen molar-refractivity contribution in [2.45, 2.75) is 26.3 Å². The fourth-order valence-electron chi connectivity index (χ4n) is 2.29. The zero-order chi connectivity index (χ0) is 13.8. The Morgan fingerprint density at radius 3 is 2.74 bits per heavy atom. The zero-order valence-electron chi connectivity index (χ0n) is 11.4. The Morgan fingerprint density at radius 2 is 2.11 bits per heavy atom. The highest BCUT2D eigenvalue weighted by molar-refractivity contribution is 5.97. The molecular formula is C15H19N3O. The summed E-state index contributed by atoms with van der Waals surface area (Å²) in [5.41, 5.74) is 2.08. The number of nitriles is 1. The summed E-state index contributed by atoms with van der Waals surface area (Å²) in [7, 11) is 0. The number of nitrogens with one attached hydrogen (secondary N) is 1. The number of carbonyl (C=O) groups excluding carboxylic acids is 1. The van der Waals surface area contributed by atoms with Gasteiger partial charge in [0.25, 0.3) is 0 Å².